The van der Waals surface area contributed by atoms with Gasteiger partial charge in [-0.3, -0.25) is 4.99 Å². The summed E-state index contributed by atoms with van der Waals surface area (Å²) in [5.74, 6) is 0.700. The molecule has 0 aromatic carbocycles. The van der Waals surface area contributed by atoms with E-state index in [4.69, 9.17) is 0 Å². The molecule has 0 amide bonds. The minimum absolute atomic E-state index is 0.700. The number of nitrogens with zero attached hydrogens (tertiary/aromatic N) is 1. The molecule has 54 valence electrons. The van der Waals surface area contributed by atoms with Gasteiger partial charge in [0.2, 0.25) is 0 Å². The van der Waals surface area contributed by atoms with Crippen LogP contribution >= 0.6 is 0 Å². The normalized spacial score (nSPS) is 12.8. The zero-order chi connectivity index (χ0) is 7.28. The smallest absolute Gasteiger partial charge is 0.0411 e. The number of rotatable bonds is 3. The van der Waals surface area contributed by atoms with Gasteiger partial charge in [0.15, 0.2) is 0 Å². The molecule has 0 aromatic heterocycles. The summed E-state index contributed by atoms with van der Waals surface area (Å²) in [6.07, 6.45) is 1.09. The molecule has 0 spiro atoms. The maximum absolute atomic E-state index is 4.36. The second-order valence-electron chi connectivity index (χ2n) is 2.82. The van der Waals surface area contributed by atoms with Gasteiger partial charge in [-0.05, 0) is 19.3 Å². The molecule has 1 nitrogen and oxygen atoms in total. The second kappa shape index (κ2) is 4.54. The van der Waals surface area contributed by atoms with Gasteiger partial charge in [0.25, 0.3) is 0 Å². The average molecular weight is 127 g/mol. The SMILES string of the molecule is CCC(C)=NCC(C)C. The van der Waals surface area contributed by atoms with Crippen molar-refractivity contribution in [1.82, 2.24) is 0 Å². The van der Waals surface area contributed by atoms with Crippen molar-refractivity contribution in [2.24, 2.45) is 10.9 Å². The van der Waals surface area contributed by atoms with Crippen LogP contribution in [-0.2, 0) is 0 Å². The third-order valence-electron chi connectivity index (χ3n) is 1.24. The molecule has 0 heterocycles. The van der Waals surface area contributed by atoms with Gasteiger partial charge in [-0.15, -0.1) is 0 Å². The monoisotopic (exact) mass is 127 g/mol. The zero-order valence-corrected chi connectivity index (χ0v) is 6.94. The molecule has 0 saturated carbocycles. The molecule has 0 aliphatic carbocycles. The van der Waals surface area contributed by atoms with Crippen molar-refractivity contribution in [3.8, 4) is 0 Å². The highest BCUT2D eigenvalue weighted by Gasteiger charge is 1.89. The van der Waals surface area contributed by atoms with E-state index in [9.17, 15) is 0 Å². The Morgan fingerprint density at radius 1 is 1.44 bits per heavy atom. The summed E-state index contributed by atoms with van der Waals surface area (Å²) >= 11 is 0. The van der Waals surface area contributed by atoms with Gasteiger partial charge in [-0.1, -0.05) is 20.8 Å². The van der Waals surface area contributed by atoms with Crippen LogP contribution in [0.5, 0.6) is 0 Å². The topological polar surface area (TPSA) is 12.4 Å². The maximum Gasteiger partial charge on any atom is 0.0411 e. The van der Waals surface area contributed by atoms with Gasteiger partial charge >= 0.3 is 0 Å². The van der Waals surface area contributed by atoms with Crippen LogP contribution in [-0.4, -0.2) is 12.3 Å². The molecule has 0 aromatic rings. The van der Waals surface area contributed by atoms with E-state index >= 15 is 0 Å². The molecular formula is C8H17N. The van der Waals surface area contributed by atoms with Gasteiger partial charge < -0.3 is 0 Å². The van der Waals surface area contributed by atoms with Crippen LogP contribution in [0, 0.1) is 5.92 Å². The van der Waals surface area contributed by atoms with Crippen LogP contribution in [0.15, 0.2) is 4.99 Å². The Morgan fingerprint density at radius 3 is 2.33 bits per heavy atom. The van der Waals surface area contributed by atoms with Crippen LogP contribution in [0.2, 0.25) is 0 Å². The molecular weight excluding hydrogens is 110 g/mol. The second-order valence-corrected chi connectivity index (χ2v) is 2.82. The lowest BCUT2D eigenvalue weighted by molar-refractivity contribution is 0.664. The predicted molar refractivity (Wildman–Crippen MR) is 43.1 cm³/mol. The first-order valence-electron chi connectivity index (χ1n) is 3.66. The van der Waals surface area contributed by atoms with E-state index in [2.05, 4.69) is 32.7 Å². The molecule has 0 saturated heterocycles. The van der Waals surface area contributed by atoms with Crippen LogP contribution in [0.3, 0.4) is 0 Å². The largest absolute Gasteiger partial charge is 0.294 e. The Morgan fingerprint density at radius 2 is 2.00 bits per heavy atom. The minimum Gasteiger partial charge on any atom is -0.294 e. The van der Waals surface area contributed by atoms with E-state index in [0.717, 1.165) is 13.0 Å². The van der Waals surface area contributed by atoms with Crippen LogP contribution < -0.4 is 0 Å². The number of hydrogen-bond donors (Lipinski definition) is 0. The van der Waals surface area contributed by atoms with Crippen LogP contribution in [0.1, 0.15) is 34.1 Å². The van der Waals surface area contributed by atoms with E-state index < -0.39 is 0 Å². The molecule has 0 unspecified atom stereocenters. The quantitative estimate of drug-likeness (QED) is 0.516. The first-order chi connectivity index (χ1) is 4.16. The van der Waals surface area contributed by atoms with Gasteiger partial charge in [0, 0.05) is 12.3 Å². The summed E-state index contributed by atoms with van der Waals surface area (Å²) in [5, 5.41) is 0. The molecule has 0 rings (SSSR count). The zero-order valence-electron chi connectivity index (χ0n) is 6.94. The number of aliphatic imine (C=N–C) groups is 1. The Labute approximate surface area is 58.2 Å². The van der Waals surface area contributed by atoms with Crippen LogP contribution in [0.25, 0.3) is 0 Å². The fourth-order valence-electron chi connectivity index (χ4n) is 0.450. The highest BCUT2D eigenvalue weighted by Crippen LogP contribution is 1.93. The molecule has 0 radical (unpaired) electrons. The predicted octanol–water partition coefficient (Wildman–Crippen LogP) is 2.51. The fourth-order valence-corrected chi connectivity index (χ4v) is 0.450. The lowest BCUT2D eigenvalue weighted by Gasteiger charge is -1.99. The third-order valence-corrected chi connectivity index (χ3v) is 1.24. The molecule has 0 fully saturated rings. The van der Waals surface area contributed by atoms with Gasteiger partial charge in [0.05, 0.1) is 0 Å². The van der Waals surface area contributed by atoms with Gasteiger partial charge in [-0.2, -0.15) is 0 Å². The summed E-state index contributed by atoms with van der Waals surface area (Å²) in [4.78, 5) is 4.36. The molecule has 0 atom stereocenters. The Hall–Kier alpha value is -0.330. The van der Waals surface area contributed by atoms with Crippen LogP contribution in [0.4, 0.5) is 0 Å². The molecule has 9 heavy (non-hydrogen) atoms. The van der Waals surface area contributed by atoms with E-state index in [1.165, 1.54) is 5.71 Å². The van der Waals surface area contributed by atoms with Crippen molar-refractivity contribution >= 4 is 5.71 Å². The molecule has 1 heteroatoms. The molecule has 0 bridgehead atoms. The minimum atomic E-state index is 0.700. The Balaban J connectivity index is 3.43. The maximum atomic E-state index is 4.36. The van der Waals surface area contributed by atoms with E-state index in [1.54, 1.807) is 0 Å². The summed E-state index contributed by atoms with van der Waals surface area (Å²) in [6.45, 7) is 9.58. The lowest BCUT2D eigenvalue weighted by Crippen LogP contribution is -1.96. The van der Waals surface area contributed by atoms with Crippen molar-refractivity contribution in [1.29, 1.82) is 0 Å². The number of hydrogen-bond acceptors (Lipinski definition) is 1. The van der Waals surface area contributed by atoms with E-state index in [0.29, 0.717) is 5.92 Å². The molecule has 0 aliphatic heterocycles. The van der Waals surface area contributed by atoms with Crippen molar-refractivity contribution < 1.29 is 0 Å². The third kappa shape index (κ3) is 5.54. The summed E-state index contributed by atoms with van der Waals surface area (Å²) in [7, 11) is 0. The fraction of sp³-hybridized carbons (Fsp3) is 0.875. The van der Waals surface area contributed by atoms with Crippen molar-refractivity contribution in [3.63, 3.8) is 0 Å². The molecule has 0 N–H and O–H groups in total. The lowest BCUT2D eigenvalue weighted by atomic mass is 10.2. The average Bonchev–Trinajstić information content (AvgIpc) is 1.83. The summed E-state index contributed by atoms with van der Waals surface area (Å²) < 4.78 is 0. The van der Waals surface area contributed by atoms with Gasteiger partial charge in [-0.25, -0.2) is 0 Å². The van der Waals surface area contributed by atoms with Crippen molar-refractivity contribution in [3.05, 3.63) is 0 Å². The highest BCUT2D eigenvalue weighted by atomic mass is 14.7. The van der Waals surface area contributed by atoms with Crippen molar-refractivity contribution in [2.75, 3.05) is 6.54 Å². The van der Waals surface area contributed by atoms with E-state index in [1.807, 2.05) is 0 Å². The summed E-state index contributed by atoms with van der Waals surface area (Å²) in [6, 6.07) is 0. The molecule has 0 aliphatic rings. The Bertz CT molecular complexity index is 92.7. The van der Waals surface area contributed by atoms with E-state index in [-0.39, 0.29) is 0 Å². The Kier molecular flexibility index (Phi) is 4.37. The van der Waals surface area contributed by atoms with Crippen molar-refractivity contribution in [2.45, 2.75) is 34.1 Å². The first kappa shape index (κ1) is 8.67. The van der Waals surface area contributed by atoms with Gasteiger partial charge in [0.1, 0.15) is 0 Å². The highest BCUT2D eigenvalue weighted by molar-refractivity contribution is 5.81. The standard InChI is InChI=1S/C8H17N/c1-5-8(4)9-6-7(2)3/h7H,5-6H2,1-4H3. The summed E-state index contributed by atoms with van der Waals surface area (Å²) in [5.41, 5.74) is 1.27. The first-order valence-corrected chi connectivity index (χ1v) is 3.66.